The molecule has 0 saturated carbocycles. The Morgan fingerprint density at radius 3 is 2.41 bits per heavy atom. The van der Waals surface area contributed by atoms with Gasteiger partial charge in [0.25, 0.3) is 0 Å². The summed E-state index contributed by atoms with van der Waals surface area (Å²) in [6, 6.07) is 7.25. The van der Waals surface area contributed by atoms with Crippen molar-refractivity contribution in [2.45, 2.75) is 39.0 Å². The summed E-state index contributed by atoms with van der Waals surface area (Å²) in [6.45, 7) is 6.34. The maximum Gasteiger partial charge on any atom is 0.133 e. The van der Waals surface area contributed by atoms with E-state index in [1.54, 1.807) is 12.1 Å². The number of phenolic OH excluding ortho intramolecular Hbond substituents is 1. The van der Waals surface area contributed by atoms with Crippen molar-refractivity contribution in [1.82, 2.24) is 15.3 Å². The number of aryl methyl sites for hydroxylation is 2. The second-order valence-electron chi connectivity index (χ2n) is 6.11. The second-order valence-corrected chi connectivity index (χ2v) is 6.11. The largest absolute Gasteiger partial charge is 0.508 e. The zero-order valence-corrected chi connectivity index (χ0v) is 13.3. The molecule has 1 aliphatic heterocycles. The van der Waals surface area contributed by atoms with Gasteiger partial charge in [-0.05, 0) is 62.4 Å². The van der Waals surface area contributed by atoms with Crippen LogP contribution in [-0.2, 0) is 6.42 Å². The van der Waals surface area contributed by atoms with E-state index in [0.29, 0.717) is 12.3 Å². The van der Waals surface area contributed by atoms with Gasteiger partial charge in [0, 0.05) is 24.4 Å². The van der Waals surface area contributed by atoms with Gasteiger partial charge in [0.2, 0.25) is 0 Å². The molecule has 1 aromatic carbocycles. The van der Waals surface area contributed by atoms with Crippen LogP contribution in [0.5, 0.6) is 5.75 Å². The van der Waals surface area contributed by atoms with Crippen molar-refractivity contribution in [1.29, 1.82) is 0 Å². The quantitative estimate of drug-likeness (QED) is 0.914. The number of hydrogen-bond donors (Lipinski definition) is 2. The Morgan fingerprint density at radius 2 is 1.82 bits per heavy atom. The molecule has 116 valence electrons. The first kappa shape index (κ1) is 15.0. The molecule has 2 N–H and O–H groups in total. The molecule has 1 unspecified atom stereocenters. The lowest BCUT2D eigenvalue weighted by atomic mass is 9.89. The molecule has 1 saturated heterocycles. The summed E-state index contributed by atoms with van der Waals surface area (Å²) in [7, 11) is 0. The summed E-state index contributed by atoms with van der Waals surface area (Å²) < 4.78 is 0. The smallest absolute Gasteiger partial charge is 0.133 e. The molecule has 1 aliphatic rings. The maximum absolute atomic E-state index is 9.35. The SMILES string of the molecule is Cc1nc(Cc2ccc(O)cc2)nc(C)c1C1CCCNC1. The zero-order valence-electron chi connectivity index (χ0n) is 13.3. The number of nitrogens with zero attached hydrogens (tertiary/aromatic N) is 2. The number of nitrogens with one attached hydrogen (secondary N) is 1. The molecule has 3 rings (SSSR count). The summed E-state index contributed by atoms with van der Waals surface area (Å²) in [6.07, 6.45) is 3.14. The van der Waals surface area contributed by atoms with E-state index in [1.165, 1.54) is 18.4 Å². The lowest BCUT2D eigenvalue weighted by Crippen LogP contribution is -2.29. The van der Waals surface area contributed by atoms with Crippen LogP contribution in [-0.4, -0.2) is 28.2 Å². The van der Waals surface area contributed by atoms with Crippen LogP contribution in [0.4, 0.5) is 0 Å². The van der Waals surface area contributed by atoms with Crippen LogP contribution in [0.3, 0.4) is 0 Å². The van der Waals surface area contributed by atoms with Crippen LogP contribution in [0.1, 0.15) is 47.1 Å². The van der Waals surface area contributed by atoms with Gasteiger partial charge in [0.15, 0.2) is 0 Å². The Morgan fingerprint density at radius 1 is 1.14 bits per heavy atom. The Bertz CT molecular complexity index is 623. The lowest BCUT2D eigenvalue weighted by molar-refractivity contribution is 0.456. The van der Waals surface area contributed by atoms with Crippen LogP contribution in [0, 0.1) is 13.8 Å². The molecule has 1 aromatic heterocycles. The molecule has 0 bridgehead atoms. The minimum Gasteiger partial charge on any atom is -0.508 e. The van der Waals surface area contributed by atoms with E-state index in [9.17, 15) is 5.11 Å². The van der Waals surface area contributed by atoms with Gasteiger partial charge in [-0.1, -0.05) is 12.1 Å². The fourth-order valence-electron chi connectivity index (χ4n) is 3.36. The van der Waals surface area contributed by atoms with E-state index in [2.05, 4.69) is 19.2 Å². The monoisotopic (exact) mass is 297 g/mol. The van der Waals surface area contributed by atoms with Crippen molar-refractivity contribution in [3.63, 3.8) is 0 Å². The van der Waals surface area contributed by atoms with Crippen LogP contribution in [0.25, 0.3) is 0 Å². The van der Waals surface area contributed by atoms with E-state index in [1.807, 2.05) is 12.1 Å². The first-order chi connectivity index (χ1) is 10.6. The van der Waals surface area contributed by atoms with Gasteiger partial charge in [-0.3, -0.25) is 0 Å². The number of benzene rings is 1. The van der Waals surface area contributed by atoms with Gasteiger partial charge in [-0.25, -0.2) is 9.97 Å². The van der Waals surface area contributed by atoms with Crippen LogP contribution >= 0.6 is 0 Å². The van der Waals surface area contributed by atoms with Crippen molar-refractivity contribution >= 4 is 0 Å². The summed E-state index contributed by atoms with van der Waals surface area (Å²) >= 11 is 0. The topological polar surface area (TPSA) is 58.0 Å². The summed E-state index contributed by atoms with van der Waals surface area (Å²) in [5.74, 6) is 1.68. The molecule has 2 heterocycles. The Balaban J connectivity index is 1.83. The highest BCUT2D eigenvalue weighted by atomic mass is 16.3. The highest BCUT2D eigenvalue weighted by Crippen LogP contribution is 2.27. The lowest BCUT2D eigenvalue weighted by Gasteiger charge is -2.25. The minimum absolute atomic E-state index is 0.289. The number of aromatic hydroxyl groups is 1. The molecule has 4 heteroatoms. The number of phenols is 1. The van der Waals surface area contributed by atoms with Crippen molar-refractivity contribution in [2.24, 2.45) is 0 Å². The van der Waals surface area contributed by atoms with Gasteiger partial charge in [0.1, 0.15) is 11.6 Å². The molecule has 0 spiro atoms. The van der Waals surface area contributed by atoms with E-state index in [4.69, 9.17) is 9.97 Å². The van der Waals surface area contributed by atoms with Crippen molar-refractivity contribution in [3.05, 3.63) is 52.6 Å². The number of aromatic nitrogens is 2. The van der Waals surface area contributed by atoms with E-state index in [-0.39, 0.29) is 5.75 Å². The summed E-state index contributed by atoms with van der Waals surface area (Å²) in [5, 5.41) is 12.8. The van der Waals surface area contributed by atoms with Crippen LogP contribution < -0.4 is 5.32 Å². The van der Waals surface area contributed by atoms with E-state index < -0.39 is 0 Å². The van der Waals surface area contributed by atoms with Crippen molar-refractivity contribution in [3.8, 4) is 5.75 Å². The normalized spacial score (nSPS) is 18.4. The number of piperidine rings is 1. The third kappa shape index (κ3) is 3.28. The van der Waals surface area contributed by atoms with Gasteiger partial charge < -0.3 is 10.4 Å². The summed E-state index contributed by atoms with van der Waals surface area (Å²) in [5.41, 5.74) is 4.65. The van der Waals surface area contributed by atoms with Crippen LogP contribution in [0.15, 0.2) is 24.3 Å². The number of hydrogen-bond acceptors (Lipinski definition) is 4. The first-order valence-corrected chi connectivity index (χ1v) is 7.96. The fraction of sp³-hybridized carbons (Fsp3) is 0.444. The summed E-state index contributed by atoms with van der Waals surface area (Å²) in [4.78, 5) is 9.45. The standard InChI is InChI=1S/C18H23N3O/c1-12-18(15-4-3-9-19-11-15)13(2)21-17(20-12)10-14-5-7-16(22)8-6-14/h5-8,15,19,22H,3-4,9-11H2,1-2H3. The van der Waals surface area contributed by atoms with E-state index >= 15 is 0 Å². The highest BCUT2D eigenvalue weighted by Gasteiger charge is 2.21. The molecule has 1 atom stereocenters. The molecule has 1 fully saturated rings. The Kier molecular flexibility index (Phi) is 4.39. The Labute approximate surface area is 131 Å². The molecule has 22 heavy (non-hydrogen) atoms. The van der Waals surface area contributed by atoms with Gasteiger partial charge >= 0.3 is 0 Å². The van der Waals surface area contributed by atoms with Gasteiger partial charge in [0.05, 0.1) is 0 Å². The fourth-order valence-corrected chi connectivity index (χ4v) is 3.36. The first-order valence-electron chi connectivity index (χ1n) is 7.96. The maximum atomic E-state index is 9.35. The molecular formula is C18H23N3O. The second kappa shape index (κ2) is 6.44. The predicted octanol–water partition coefficient (Wildman–Crippen LogP) is 2.86. The number of rotatable bonds is 3. The molecule has 0 amide bonds. The van der Waals surface area contributed by atoms with Gasteiger partial charge in [-0.2, -0.15) is 0 Å². The third-order valence-corrected chi connectivity index (χ3v) is 4.38. The molecule has 2 aromatic rings. The third-order valence-electron chi connectivity index (χ3n) is 4.38. The van der Waals surface area contributed by atoms with E-state index in [0.717, 1.165) is 35.9 Å². The van der Waals surface area contributed by atoms with Crippen molar-refractivity contribution in [2.75, 3.05) is 13.1 Å². The molecule has 0 aliphatic carbocycles. The van der Waals surface area contributed by atoms with Gasteiger partial charge in [-0.15, -0.1) is 0 Å². The predicted molar refractivity (Wildman–Crippen MR) is 87.3 cm³/mol. The van der Waals surface area contributed by atoms with Crippen LogP contribution in [0.2, 0.25) is 0 Å². The van der Waals surface area contributed by atoms with Crippen molar-refractivity contribution < 1.29 is 5.11 Å². The average molecular weight is 297 g/mol. The molecule has 0 radical (unpaired) electrons. The minimum atomic E-state index is 0.289. The zero-order chi connectivity index (χ0) is 15.5. The molecule has 4 nitrogen and oxygen atoms in total. The average Bonchev–Trinajstić information content (AvgIpc) is 2.50. The Hall–Kier alpha value is -1.94. The molecular weight excluding hydrogens is 274 g/mol. The highest BCUT2D eigenvalue weighted by molar-refractivity contribution is 5.32.